The minimum atomic E-state index is -0.559. The minimum absolute atomic E-state index is 0.113. The van der Waals surface area contributed by atoms with Gasteiger partial charge in [-0.05, 0) is 32.9 Å². The molecule has 1 N–H and O–H groups in total. The van der Waals surface area contributed by atoms with Crippen LogP contribution in [0.5, 0.6) is 0 Å². The van der Waals surface area contributed by atoms with Crippen LogP contribution < -0.4 is 4.90 Å². The van der Waals surface area contributed by atoms with E-state index < -0.39 is 11.6 Å². The molecule has 2 rings (SSSR count). The standard InChI is InChI=1S/C17H25N3O5/c1-17(2,3)25-16(23)19-7-8-20(13(10-19)11-21)12-5-6-14(18-9-12)15(22)24-4/h5-6,9,13,21H,7-8,10-11H2,1-4H3. The van der Waals surface area contributed by atoms with E-state index in [2.05, 4.69) is 9.72 Å². The van der Waals surface area contributed by atoms with E-state index in [9.17, 15) is 14.7 Å². The van der Waals surface area contributed by atoms with E-state index >= 15 is 0 Å². The third-order valence-corrected chi connectivity index (χ3v) is 3.82. The van der Waals surface area contributed by atoms with Gasteiger partial charge in [0.15, 0.2) is 0 Å². The van der Waals surface area contributed by atoms with Crippen molar-refractivity contribution in [2.24, 2.45) is 0 Å². The van der Waals surface area contributed by atoms with Gasteiger partial charge in [0.1, 0.15) is 11.3 Å². The summed E-state index contributed by atoms with van der Waals surface area (Å²) >= 11 is 0. The molecule has 0 spiro atoms. The first-order valence-corrected chi connectivity index (χ1v) is 8.15. The van der Waals surface area contributed by atoms with Gasteiger partial charge in [0.05, 0.1) is 31.6 Å². The molecule has 1 fully saturated rings. The van der Waals surface area contributed by atoms with Crippen molar-refractivity contribution in [2.75, 3.05) is 38.3 Å². The predicted molar refractivity (Wildman–Crippen MR) is 91.6 cm³/mol. The number of aliphatic hydroxyl groups excluding tert-OH is 1. The van der Waals surface area contributed by atoms with Gasteiger partial charge in [0.2, 0.25) is 0 Å². The Morgan fingerprint density at radius 1 is 1.32 bits per heavy atom. The van der Waals surface area contributed by atoms with Gasteiger partial charge in [-0.15, -0.1) is 0 Å². The van der Waals surface area contributed by atoms with Gasteiger partial charge in [-0.25, -0.2) is 14.6 Å². The van der Waals surface area contributed by atoms with Crippen LogP contribution >= 0.6 is 0 Å². The molecule has 8 heteroatoms. The number of rotatable bonds is 3. The zero-order chi connectivity index (χ0) is 18.6. The van der Waals surface area contributed by atoms with Crippen LogP contribution in [-0.4, -0.2) is 72.0 Å². The lowest BCUT2D eigenvalue weighted by atomic mass is 10.1. The van der Waals surface area contributed by atoms with E-state index in [4.69, 9.17) is 4.74 Å². The van der Waals surface area contributed by atoms with Crippen LogP contribution in [0.4, 0.5) is 10.5 Å². The quantitative estimate of drug-likeness (QED) is 0.820. The number of methoxy groups -OCH3 is 1. The molecular formula is C17H25N3O5. The maximum absolute atomic E-state index is 12.2. The summed E-state index contributed by atoms with van der Waals surface area (Å²) in [6, 6.07) is 3.06. The van der Waals surface area contributed by atoms with Crippen molar-refractivity contribution in [3.8, 4) is 0 Å². The Hall–Kier alpha value is -2.35. The van der Waals surface area contributed by atoms with E-state index in [0.29, 0.717) is 19.6 Å². The maximum atomic E-state index is 12.2. The number of piperazine rings is 1. The lowest BCUT2D eigenvalue weighted by Crippen LogP contribution is -2.57. The van der Waals surface area contributed by atoms with Crippen molar-refractivity contribution in [3.05, 3.63) is 24.0 Å². The monoisotopic (exact) mass is 351 g/mol. The van der Waals surface area contributed by atoms with Gasteiger partial charge in [-0.1, -0.05) is 0 Å². The summed E-state index contributed by atoms with van der Waals surface area (Å²) in [5.41, 5.74) is 0.436. The van der Waals surface area contributed by atoms with E-state index in [0.717, 1.165) is 5.69 Å². The second kappa shape index (κ2) is 7.69. The third-order valence-electron chi connectivity index (χ3n) is 3.82. The number of anilines is 1. The molecule has 1 aliphatic heterocycles. The molecule has 1 unspecified atom stereocenters. The van der Waals surface area contributed by atoms with Crippen LogP contribution in [0.1, 0.15) is 31.3 Å². The van der Waals surface area contributed by atoms with Gasteiger partial charge in [0, 0.05) is 19.6 Å². The van der Waals surface area contributed by atoms with Crippen molar-refractivity contribution < 1.29 is 24.2 Å². The highest BCUT2D eigenvalue weighted by atomic mass is 16.6. The fraction of sp³-hybridized carbons (Fsp3) is 0.588. The Bertz CT molecular complexity index is 612. The molecule has 25 heavy (non-hydrogen) atoms. The van der Waals surface area contributed by atoms with Crippen LogP contribution in [0.3, 0.4) is 0 Å². The van der Waals surface area contributed by atoms with Crippen molar-refractivity contribution in [1.29, 1.82) is 0 Å². The highest BCUT2D eigenvalue weighted by Gasteiger charge is 2.32. The van der Waals surface area contributed by atoms with Crippen LogP contribution in [0, 0.1) is 0 Å². The molecule has 1 aliphatic rings. The molecule has 0 aromatic carbocycles. The number of amides is 1. The second-order valence-corrected chi connectivity index (χ2v) is 6.85. The number of hydrogen-bond donors (Lipinski definition) is 1. The largest absolute Gasteiger partial charge is 0.464 e. The SMILES string of the molecule is COC(=O)c1ccc(N2CCN(C(=O)OC(C)(C)C)CC2CO)cn1. The Balaban J connectivity index is 2.07. The molecule has 0 aliphatic carbocycles. The fourth-order valence-corrected chi connectivity index (χ4v) is 2.63. The number of esters is 1. The lowest BCUT2D eigenvalue weighted by molar-refractivity contribution is 0.0197. The van der Waals surface area contributed by atoms with Crippen LogP contribution in [-0.2, 0) is 9.47 Å². The summed E-state index contributed by atoms with van der Waals surface area (Å²) in [5.74, 6) is -0.500. The molecule has 0 radical (unpaired) electrons. The molecule has 138 valence electrons. The summed E-state index contributed by atoms with van der Waals surface area (Å²) in [4.78, 5) is 31.3. The molecule has 1 saturated heterocycles. The molecule has 8 nitrogen and oxygen atoms in total. The number of pyridine rings is 1. The van der Waals surface area contributed by atoms with Crippen molar-refractivity contribution in [1.82, 2.24) is 9.88 Å². The minimum Gasteiger partial charge on any atom is -0.464 e. The van der Waals surface area contributed by atoms with Crippen LogP contribution in [0.2, 0.25) is 0 Å². The van der Waals surface area contributed by atoms with Gasteiger partial charge in [0.25, 0.3) is 0 Å². The molecule has 1 aromatic heterocycles. The number of carbonyl (C=O) groups is 2. The predicted octanol–water partition coefficient (Wildman–Crippen LogP) is 1.29. The zero-order valence-corrected chi connectivity index (χ0v) is 15.1. The maximum Gasteiger partial charge on any atom is 0.410 e. The van der Waals surface area contributed by atoms with Crippen LogP contribution in [0.15, 0.2) is 18.3 Å². The molecular weight excluding hydrogens is 326 g/mol. The number of nitrogens with zero attached hydrogens (tertiary/aromatic N) is 3. The smallest absolute Gasteiger partial charge is 0.410 e. The Kier molecular flexibility index (Phi) is 5.84. The van der Waals surface area contributed by atoms with Crippen LogP contribution in [0.25, 0.3) is 0 Å². The number of hydrogen-bond acceptors (Lipinski definition) is 7. The average molecular weight is 351 g/mol. The number of aliphatic hydroxyl groups is 1. The first-order valence-electron chi connectivity index (χ1n) is 8.15. The molecule has 1 aromatic rings. The summed E-state index contributed by atoms with van der Waals surface area (Å²) in [5, 5.41) is 9.72. The van der Waals surface area contributed by atoms with Gasteiger partial charge >= 0.3 is 12.1 Å². The normalized spacial score (nSPS) is 18.0. The molecule has 1 amide bonds. The van der Waals surface area contributed by atoms with Gasteiger partial charge in [-0.3, -0.25) is 0 Å². The number of ether oxygens (including phenoxy) is 2. The molecule has 1 atom stereocenters. The molecule has 0 saturated carbocycles. The molecule has 2 heterocycles. The van der Waals surface area contributed by atoms with E-state index in [1.54, 1.807) is 23.2 Å². The highest BCUT2D eigenvalue weighted by molar-refractivity contribution is 5.87. The Morgan fingerprint density at radius 2 is 2.04 bits per heavy atom. The summed E-state index contributed by atoms with van der Waals surface area (Å²) in [6.07, 6.45) is 1.18. The van der Waals surface area contributed by atoms with E-state index in [-0.39, 0.29) is 24.4 Å². The van der Waals surface area contributed by atoms with Crippen molar-refractivity contribution in [2.45, 2.75) is 32.4 Å². The third kappa shape index (κ3) is 4.82. The fourth-order valence-electron chi connectivity index (χ4n) is 2.63. The average Bonchev–Trinajstić information content (AvgIpc) is 2.59. The van der Waals surface area contributed by atoms with Crippen molar-refractivity contribution >= 4 is 17.7 Å². The van der Waals surface area contributed by atoms with Crippen molar-refractivity contribution in [3.63, 3.8) is 0 Å². The van der Waals surface area contributed by atoms with E-state index in [1.807, 2.05) is 25.7 Å². The highest BCUT2D eigenvalue weighted by Crippen LogP contribution is 2.21. The van der Waals surface area contributed by atoms with Gasteiger partial charge in [-0.2, -0.15) is 0 Å². The molecule has 0 bridgehead atoms. The topological polar surface area (TPSA) is 92.2 Å². The second-order valence-electron chi connectivity index (χ2n) is 6.85. The first kappa shape index (κ1) is 19.0. The Labute approximate surface area is 147 Å². The van der Waals surface area contributed by atoms with Gasteiger partial charge < -0.3 is 24.4 Å². The summed E-state index contributed by atoms with van der Waals surface area (Å²) in [6.45, 7) is 6.70. The summed E-state index contributed by atoms with van der Waals surface area (Å²) < 4.78 is 10.0. The zero-order valence-electron chi connectivity index (χ0n) is 15.1. The summed E-state index contributed by atoms with van der Waals surface area (Å²) in [7, 11) is 1.30. The lowest BCUT2D eigenvalue weighted by Gasteiger charge is -2.42. The number of carbonyl (C=O) groups excluding carboxylic acids is 2. The Morgan fingerprint density at radius 3 is 2.56 bits per heavy atom. The van der Waals surface area contributed by atoms with E-state index in [1.165, 1.54) is 7.11 Å². The number of aromatic nitrogens is 1. The first-order chi connectivity index (χ1) is 11.7.